The molecule has 170 valence electrons. The number of methoxy groups -OCH3 is 1. The van der Waals surface area contributed by atoms with Gasteiger partial charge in [-0.3, -0.25) is 14.8 Å². The second kappa shape index (κ2) is 8.71. The van der Waals surface area contributed by atoms with Crippen LogP contribution in [0.4, 0.5) is 4.39 Å². The Balaban J connectivity index is 1.95. The molecule has 0 saturated carbocycles. The van der Waals surface area contributed by atoms with Crippen LogP contribution in [0.2, 0.25) is 0 Å². The van der Waals surface area contributed by atoms with E-state index in [0.29, 0.717) is 27.6 Å². The largest absolute Gasteiger partial charge is 0.497 e. The third-order valence-electron chi connectivity index (χ3n) is 5.69. The van der Waals surface area contributed by atoms with Crippen LogP contribution in [0.15, 0.2) is 53.5 Å². The van der Waals surface area contributed by atoms with Crippen molar-refractivity contribution >= 4 is 26.5 Å². The van der Waals surface area contributed by atoms with Gasteiger partial charge in [-0.15, -0.1) is 0 Å². The molecule has 0 spiro atoms. The van der Waals surface area contributed by atoms with Crippen LogP contribution in [0.5, 0.6) is 5.75 Å². The van der Waals surface area contributed by atoms with Crippen molar-refractivity contribution in [1.29, 1.82) is 0 Å². The Bertz CT molecular complexity index is 1350. The van der Waals surface area contributed by atoms with Crippen LogP contribution < -0.4 is 15.8 Å². The summed E-state index contributed by atoms with van der Waals surface area (Å²) in [6.45, 7) is 1.12. The molecule has 1 aromatic heterocycles. The van der Waals surface area contributed by atoms with E-state index in [2.05, 4.69) is 0 Å². The maximum Gasteiger partial charge on any atom is 0.264 e. The van der Waals surface area contributed by atoms with Gasteiger partial charge in [0.2, 0.25) is 0 Å². The average molecular weight is 462 g/mol. The molecule has 0 aliphatic heterocycles. The number of pyridine rings is 1. The molecule has 0 radical (unpaired) electrons. The van der Waals surface area contributed by atoms with Crippen LogP contribution in [-0.4, -0.2) is 42.2 Å². The minimum atomic E-state index is -3.88. The molecule has 1 heterocycles. The number of benzene rings is 2. The quantitative estimate of drug-likeness (QED) is 0.412. The van der Waals surface area contributed by atoms with E-state index in [1.54, 1.807) is 36.4 Å². The third-order valence-corrected chi connectivity index (χ3v) is 7.72. The van der Waals surface area contributed by atoms with Crippen LogP contribution >= 0.6 is 0 Å². The lowest BCUT2D eigenvalue weighted by Crippen LogP contribution is -2.49. The monoisotopic (exact) mass is 462 g/mol. The van der Waals surface area contributed by atoms with Crippen molar-refractivity contribution in [2.45, 2.75) is 24.6 Å². The molecule has 3 rings (SSSR count). The number of ether oxygens (including phenoxy) is 1. The molecule has 1 amide bonds. The fourth-order valence-electron chi connectivity index (χ4n) is 3.41. The molecule has 10 heteroatoms. The second-order valence-corrected chi connectivity index (χ2v) is 10.1. The highest BCUT2D eigenvalue weighted by Gasteiger charge is 2.43. The standard InChI is InChI=1S/C22H23FN2O6S/c1-22(21(27)24-28,32(3,29)30)9-11-25-10-8-15-12-14(4-6-18(15)20(25)26)17-7-5-16(31-2)13-19(17)23/h4-8,10,12-13,28H,9,11H2,1-3H3,(H,24,27)/t22-/m0/s1. The number of aryl methyl sites for hydroxylation is 1. The highest BCUT2D eigenvalue weighted by molar-refractivity contribution is 7.92. The Hall–Kier alpha value is -3.24. The van der Waals surface area contributed by atoms with Crippen molar-refractivity contribution in [2.75, 3.05) is 13.4 Å². The number of carbonyl (C=O) groups excluding carboxylic acids is 1. The van der Waals surface area contributed by atoms with Crippen LogP contribution in [-0.2, 0) is 21.2 Å². The minimum absolute atomic E-state index is 0.0688. The number of halogens is 1. The number of rotatable bonds is 7. The van der Waals surface area contributed by atoms with Gasteiger partial charge >= 0.3 is 0 Å². The first-order chi connectivity index (χ1) is 15.0. The molecule has 2 aromatic carbocycles. The Morgan fingerprint density at radius 1 is 1.22 bits per heavy atom. The summed E-state index contributed by atoms with van der Waals surface area (Å²) in [7, 11) is -2.43. The van der Waals surface area contributed by atoms with Gasteiger partial charge in [-0.25, -0.2) is 18.3 Å². The lowest BCUT2D eigenvalue weighted by Gasteiger charge is -2.25. The Morgan fingerprint density at radius 2 is 1.94 bits per heavy atom. The smallest absolute Gasteiger partial charge is 0.264 e. The summed E-state index contributed by atoms with van der Waals surface area (Å²) in [6.07, 6.45) is 2.16. The SMILES string of the molecule is COc1ccc(-c2ccc3c(=O)n(CC[C@@](C)(C(=O)NO)S(C)(=O)=O)ccc3c2)c(F)c1. The van der Waals surface area contributed by atoms with Gasteiger partial charge in [0.25, 0.3) is 11.5 Å². The summed E-state index contributed by atoms with van der Waals surface area (Å²) < 4.78 is 43.1. The number of carbonyl (C=O) groups is 1. The van der Waals surface area contributed by atoms with Gasteiger partial charge < -0.3 is 9.30 Å². The van der Waals surface area contributed by atoms with Crippen LogP contribution in [0.25, 0.3) is 21.9 Å². The van der Waals surface area contributed by atoms with Gasteiger partial charge in [0.1, 0.15) is 11.6 Å². The Labute approximate surface area is 184 Å². The number of nitrogens with one attached hydrogen (secondary N) is 1. The highest BCUT2D eigenvalue weighted by Crippen LogP contribution is 2.28. The maximum absolute atomic E-state index is 14.4. The van der Waals surface area contributed by atoms with Crippen molar-refractivity contribution < 1.29 is 27.5 Å². The van der Waals surface area contributed by atoms with Gasteiger partial charge in [0, 0.05) is 36.0 Å². The molecule has 0 fully saturated rings. The third kappa shape index (κ3) is 4.23. The summed E-state index contributed by atoms with van der Waals surface area (Å²) in [5.74, 6) is -1.13. The second-order valence-electron chi connectivity index (χ2n) is 7.66. The summed E-state index contributed by atoms with van der Waals surface area (Å²) in [4.78, 5) is 24.9. The molecule has 8 nitrogen and oxygen atoms in total. The van der Waals surface area contributed by atoms with Gasteiger partial charge in [-0.1, -0.05) is 6.07 Å². The van der Waals surface area contributed by atoms with E-state index in [0.717, 1.165) is 6.26 Å². The summed E-state index contributed by atoms with van der Waals surface area (Å²) in [6, 6.07) is 11.1. The first kappa shape index (κ1) is 23.4. The topological polar surface area (TPSA) is 115 Å². The normalized spacial score (nSPS) is 13.5. The zero-order valence-corrected chi connectivity index (χ0v) is 18.6. The zero-order valence-electron chi connectivity index (χ0n) is 17.8. The van der Waals surface area contributed by atoms with Gasteiger partial charge in [-0.2, -0.15) is 0 Å². The molecule has 32 heavy (non-hydrogen) atoms. The average Bonchev–Trinajstić information content (AvgIpc) is 2.76. The van der Waals surface area contributed by atoms with Gasteiger partial charge in [0.15, 0.2) is 14.6 Å². The Kier molecular flexibility index (Phi) is 6.38. The molecule has 0 bridgehead atoms. The van der Waals surface area contributed by atoms with Crippen molar-refractivity contribution in [1.82, 2.24) is 10.0 Å². The van der Waals surface area contributed by atoms with Crippen LogP contribution in [0.1, 0.15) is 13.3 Å². The fraction of sp³-hybridized carbons (Fsp3) is 0.273. The van der Waals surface area contributed by atoms with E-state index in [4.69, 9.17) is 9.94 Å². The predicted molar refractivity (Wildman–Crippen MR) is 118 cm³/mol. The lowest BCUT2D eigenvalue weighted by molar-refractivity contribution is -0.131. The number of amides is 1. The molecule has 0 saturated heterocycles. The molecule has 3 aromatic rings. The van der Waals surface area contributed by atoms with Gasteiger partial charge in [-0.05, 0) is 54.6 Å². The van der Waals surface area contributed by atoms with Crippen molar-refractivity contribution in [3.63, 3.8) is 0 Å². The van der Waals surface area contributed by atoms with Crippen molar-refractivity contribution in [2.24, 2.45) is 0 Å². The summed E-state index contributed by atoms with van der Waals surface area (Å²) in [5.41, 5.74) is 1.94. The minimum Gasteiger partial charge on any atom is -0.497 e. The van der Waals surface area contributed by atoms with Crippen LogP contribution in [0, 0.1) is 5.82 Å². The number of hydrogen-bond acceptors (Lipinski definition) is 6. The zero-order chi connectivity index (χ0) is 23.7. The number of hydroxylamine groups is 1. The van der Waals surface area contributed by atoms with E-state index in [-0.39, 0.29) is 18.5 Å². The fourth-order valence-corrected chi connectivity index (χ4v) is 4.25. The van der Waals surface area contributed by atoms with E-state index in [1.807, 2.05) is 0 Å². The summed E-state index contributed by atoms with van der Waals surface area (Å²) in [5, 5.41) is 9.87. The lowest BCUT2D eigenvalue weighted by atomic mass is 10.0. The van der Waals surface area contributed by atoms with Crippen molar-refractivity contribution in [3.8, 4) is 16.9 Å². The molecular formula is C22H23FN2O6S. The number of sulfone groups is 1. The van der Waals surface area contributed by atoms with Gasteiger partial charge in [0.05, 0.1) is 7.11 Å². The molecule has 0 aliphatic rings. The first-order valence-electron chi connectivity index (χ1n) is 9.63. The number of nitrogens with zero attached hydrogens (tertiary/aromatic N) is 1. The predicted octanol–water partition coefficient (Wildman–Crippen LogP) is 2.52. The Morgan fingerprint density at radius 3 is 2.53 bits per heavy atom. The summed E-state index contributed by atoms with van der Waals surface area (Å²) >= 11 is 0. The highest BCUT2D eigenvalue weighted by atomic mass is 32.2. The molecular weight excluding hydrogens is 439 g/mol. The van der Waals surface area contributed by atoms with E-state index < -0.39 is 26.3 Å². The molecule has 0 unspecified atom stereocenters. The number of aromatic nitrogens is 1. The van der Waals surface area contributed by atoms with Crippen LogP contribution in [0.3, 0.4) is 0 Å². The van der Waals surface area contributed by atoms with E-state index in [1.165, 1.54) is 36.3 Å². The number of fused-ring (bicyclic) bond motifs is 1. The molecule has 2 N–H and O–H groups in total. The molecule has 1 atom stereocenters. The van der Waals surface area contributed by atoms with Crippen molar-refractivity contribution in [3.05, 3.63) is 64.8 Å². The maximum atomic E-state index is 14.4. The van der Waals surface area contributed by atoms with E-state index >= 15 is 0 Å². The molecule has 0 aliphatic carbocycles. The number of hydrogen-bond donors (Lipinski definition) is 2. The first-order valence-corrected chi connectivity index (χ1v) is 11.5. The van der Waals surface area contributed by atoms with E-state index in [9.17, 15) is 22.4 Å².